The largest absolute Gasteiger partial charge is 0.354 e. The van der Waals surface area contributed by atoms with Crippen LogP contribution in [0.2, 0.25) is 0 Å². The van der Waals surface area contributed by atoms with Crippen molar-refractivity contribution in [1.82, 2.24) is 10.6 Å². The predicted octanol–water partition coefficient (Wildman–Crippen LogP) is 1.73. The summed E-state index contributed by atoms with van der Waals surface area (Å²) in [6, 6.07) is 5.62. The van der Waals surface area contributed by atoms with Gasteiger partial charge in [0.15, 0.2) is 0 Å². The summed E-state index contributed by atoms with van der Waals surface area (Å²) in [6.07, 6.45) is 0.501. The van der Waals surface area contributed by atoms with Gasteiger partial charge in [-0.2, -0.15) is 0 Å². The number of carbonyl (C=O) groups is 3. The Morgan fingerprint density at radius 2 is 1.82 bits per heavy atom. The molecule has 6 nitrogen and oxygen atoms in total. The van der Waals surface area contributed by atoms with Gasteiger partial charge < -0.3 is 16.0 Å². The first-order valence-electron chi connectivity index (χ1n) is 7.01. The van der Waals surface area contributed by atoms with E-state index in [0.29, 0.717) is 6.42 Å². The summed E-state index contributed by atoms with van der Waals surface area (Å²) in [5, 5.41) is 7.84. The summed E-state index contributed by atoms with van der Waals surface area (Å²) < 4.78 is 0.883. The summed E-state index contributed by atoms with van der Waals surface area (Å²) >= 11 is 3.35. The van der Waals surface area contributed by atoms with Crippen molar-refractivity contribution < 1.29 is 14.4 Å². The third-order valence-corrected chi connectivity index (χ3v) is 3.41. The fraction of sp³-hybridized carbons (Fsp3) is 0.400. The van der Waals surface area contributed by atoms with Crippen molar-refractivity contribution in [2.75, 3.05) is 18.4 Å². The topological polar surface area (TPSA) is 87.3 Å². The summed E-state index contributed by atoms with van der Waals surface area (Å²) in [7, 11) is 0. The first-order valence-corrected chi connectivity index (χ1v) is 7.81. The molecule has 22 heavy (non-hydrogen) atoms. The molecular weight excluding hydrogens is 350 g/mol. The summed E-state index contributed by atoms with van der Waals surface area (Å²) in [5.41, 5.74) is 1.70. The molecule has 3 N–H and O–H groups in total. The van der Waals surface area contributed by atoms with E-state index in [1.165, 1.54) is 0 Å². The van der Waals surface area contributed by atoms with Crippen molar-refractivity contribution in [1.29, 1.82) is 0 Å². The van der Waals surface area contributed by atoms with Crippen LogP contribution >= 0.6 is 15.9 Å². The zero-order chi connectivity index (χ0) is 16.5. The maximum Gasteiger partial charge on any atom is 0.239 e. The molecule has 0 spiro atoms. The molecule has 0 heterocycles. The summed E-state index contributed by atoms with van der Waals surface area (Å²) in [5.74, 6) is -0.676. The van der Waals surface area contributed by atoms with E-state index in [9.17, 15) is 14.4 Å². The Morgan fingerprint density at radius 3 is 2.50 bits per heavy atom. The normalized spacial score (nSPS) is 9.95. The summed E-state index contributed by atoms with van der Waals surface area (Å²) in [4.78, 5) is 34.3. The molecule has 0 radical (unpaired) electrons. The maximum absolute atomic E-state index is 11.8. The third kappa shape index (κ3) is 6.71. The highest BCUT2D eigenvalue weighted by Crippen LogP contribution is 2.20. The zero-order valence-corrected chi connectivity index (χ0v) is 14.2. The van der Waals surface area contributed by atoms with Crippen LogP contribution in [-0.2, 0) is 14.4 Å². The molecule has 0 fully saturated rings. The van der Waals surface area contributed by atoms with Crippen molar-refractivity contribution in [2.45, 2.75) is 26.7 Å². The van der Waals surface area contributed by atoms with Crippen molar-refractivity contribution in [3.8, 4) is 0 Å². The Balaban J connectivity index is 2.30. The lowest BCUT2D eigenvalue weighted by Crippen LogP contribution is -2.37. The molecule has 1 rings (SSSR count). The first kappa shape index (κ1) is 18.2. The molecule has 0 atom stereocenters. The van der Waals surface area contributed by atoms with Gasteiger partial charge in [0, 0.05) is 29.5 Å². The Morgan fingerprint density at radius 1 is 1.09 bits per heavy atom. The fourth-order valence-corrected chi connectivity index (χ4v) is 1.98. The van der Waals surface area contributed by atoms with Crippen molar-refractivity contribution >= 4 is 39.3 Å². The Bertz CT molecular complexity index is 561. The lowest BCUT2D eigenvalue weighted by Gasteiger charge is -2.09. The minimum atomic E-state index is -0.312. The Labute approximate surface area is 138 Å². The van der Waals surface area contributed by atoms with E-state index in [0.717, 1.165) is 15.7 Å². The molecule has 1 aromatic carbocycles. The van der Waals surface area contributed by atoms with E-state index in [1.807, 2.05) is 25.1 Å². The quantitative estimate of drug-likeness (QED) is 0.683. The molecule has 0 unspecified atom stereocenters. The first-order chi connectivity index (χ1) is 10.4. The van der Waals surface area contributed by atoms with Crippen LogP contribution in [0.1, 0.15) is 25.3 Å². The molecule has 0 saturated heterocycles. The second kappa shape index (κ2) is 9.19. The van der Waals surface area contributed by atoms with Gasteiger partial charge in [-0.25, -0.2) is 0 Å². The fourth-order valence-electron chi connectivity index (χ4n) is 1.62. The lowest BCUT2D eigenvalue weighted by molar-refractivity contribution is -0.126. The van der Waals surface area contributed by atoms with E-state index < -0.39 is 0 Å². The van der Waals surface area contributed by atoms with Gasteiger partial charge in [-0.15, -0.1) is 0 Å². The van der Waals surface area contributed by atoms with Crippen LogP contribution in [0, 0.1) is 6.92 Å². The van der Waals surface area contributed by atoms with Gasteiger partial charge in [0.2, 0.25) is 17.7 Å². The molecule has 1 aromatic rings. The second-order valence-electron chi connectivity index (χ2n) is 4.74. The molecule has 0 aliphatic carbocycles. The SMILES string of the molecule is CCC(=O)NCC(=O)NCCC(=O)Nc1cc(Br)ccc1C. The lowest BCUT2D eigenvalue weighted by atomic mass is 10.2. The highest BCUT2D eigenvalue weighted by Gasteiger charge is 2.07. The van der Waals surface area contributed by atoms with Crippen LogP contribution < -0.4 is 16.0 Å². The van der Waals surface area contributed by atoms with E-state index >= 15 is 0 Å². The minimum Gasteiger partial charge on any atom is -0.354 e. The van der Waals surface area contributed by atoms with Crippen LogP contribution in [0.15, 0.2) is 22.7 Å². The molecule has 3 amide bonds. The van der Waals surface area contributed by atoms with Gasteiger partial charge in [-0.1, -0.05) is 28.9 Å². The van der Waals surface area contributed by atoms with Gasteiger partial charge >= 0.3 is 0 Å². The number of carbonyl (C=O) groups excluding carboxylic acids is 3. The molecular formula is C15H20BrN3O3. The Hall–Kier alpha value is -1.89. The molecule has 0 saturated carbocycles. The van der Waals surface area contributed by atoms with Crippen molar-refractivity contribution in [3.05, 3.63) is 28.2 Å². The average Bonchev–Trinajstić information content (AvgIpc) is 2.48. The standard InChI is InChI=1S/C15H20BrN3O3/c1-3-13(20)18-9-15(22)17-7-6-14(21)19-12-8-11(16)5-4-10(12)2/h4-5,8H,3,6-7,9H2,1-2H3,(H,17,22)(H,18,20)(H,19,21). The van der Waals surface area contributed by atoms with Gasteiger partial charge in [-0.05, 0) is 24.6 Å². The second-order valence-corrected chi connectivity index (χ2v) is 5.65. The van der Waals surface area contributed by atoms with E-state index in [-0.39, 0.29) is 37.2 Å². The smallest absolute Gasteiger partial charge is 0.239 e. The van der Waals surface area contributed by atoms with Crippen molar-refractivity contribution in [3.63, 3.8) is 0 Å². The van der Waals surface area contributed by atoms with E-state index in [2.05, 4.69) is 31.9 Å². The van der Waals surface area contributed by atoms with Gasteiger partial charge in [0.1, 0.15) is 0 Å². The molecule has 120 valence electrons. The zero-order valence-electron chi connectivity index (χ0n) is 12.7. The number of benzene rings is 1. The Kier molecular flexibility index (Phi) is 7.59. The van der Waals surface area contributed by atoms with Crippen molar-refractivity contribution in [2.24, 2.45) is 0 Å². The monoisotopic (exact) mass is 369 g/mol. The maximum atomic E-state index is 11.8. The van der Waals surface area contributed by atoms with Crippen LogP contribution in [0.25, 0.3) is 0 Å². The van der Waals surface area contributed by atoms with Gasteiger partial charge in [0.25, 0.3) is 0 Å². The number of hydrogen-bond donors (Lipinski definition) is 3. The van der Waals surface area contributed by atoms with Crippen LogP contribution in [0.5, 0.6) is 0 Å². The number of rotatable bonds is 7. The van der Waals surface area contributed by atoms with Crippen LogP contribution in [0.4, 0.5) is 5.69 Å². The molecule has 0 bridgehead atoms. The number of aryl methyl sites for hydroxylation is 1. The summed E-state index contributed by atoms with van der Waals surface area (Å²) in [6.45, 7) is 3.76. The van der Waals surface area contributed by atoms with Gasteiger partial charge in [-0.3, -0.25) is 14.4 Å². The minimum absolute atomic E-state index is 0.0704. The van der Waals surface area contributed by atoms with Crippen LogP contribution in [0.3, 0.4) is 0 Å². The predicted molar refractivity (Wildman–Crippen MR) is 88.4 cm³/mol. The highest BCUT2D eigenvalue weighted by molar-refractivity contribution is 9.10. The molecule has 7 heteroatoms. The highest BCUT2D eigenvalue weighted by atomic mass is 79.9. The average molecular weight is 370 g/mol. The van der Waals surface area contributed by atoms with Crippen LogP contribution in [-0.4, -0.2) is 30.8 Å². The number of hydrogen-bond acceptors (Lipinski definition) is 3. The van der Waals surface area contributed by atoms with E-state index in [1.54, 1.807) is 6.92 Å². The number of amides is 3. The number of anilines is 1. The molecule has 0 aliphatic heterocycles. The number of nitrogens with one attached hydrogen (secondary N) is 3. The molecule has 0 aromatic heterocycles. The molecule has 0 aliphatic rings. The number of halogens is 1. The van der Waals surface area contributed by atoms with Gasteiger partial charge in [0.05, 0.1) is 6.54 Å². The third-order valence-electron chi connectivity index (χ3n) is 2.92. The van der Waals surface area contributed by atoms with E-state index in [4.69, 9.17) is 0 Å².